The van der Waals surface area contributed by atoms with Gasteiger partial charge in [0.15, 0.2) is 0 Å². The molecule has 1 radical (unpaired) electrons. The van der Waals surface area contributed by atoms with E-state index in [1.807, 2.05) is 0 Å². The Morgan fingerprint density at radius 2 is 2.56 bits per heavy atom. The molecule has 0 heterocycles. The molecule has 0 aliphatic carbocycles. The van der Waals surface area contributed by atoms with E-state index in [0.29, 0.717) is 0 Å². The molecule has 2 nitrogen and oxygen atoms in total. The number of carbonyl (C=O) groups excluding carboxylic acids is 1. The topological polar surface area (TPSA) is 26.3 Å². The van der Waals surface area contributed by atoms with Gasteiger partial charge in [-0.3, -0.25) is 4.79 Å². The maximum atomic E-state index is 10.5. The van der Waals surface area contributed by atoms with Gasteiger partial charge < -0.3 is 4.74 Å². The number of hydrogen-bond acceptors (Lipinski definition) is 2. The van der Waals surface area contributed by atoms with E-state index < -0.39 is 5.25 Å². The number of hydrogen-bond donors (Lipinski definition) is 0. The molecular weight excluding hydrogens is 136 g/mol. The van der Waals surface area contributed by atoms with E-state index in [1.165, 1.54) is 6.08 Å². The summed E-state index contributed by atoms with van der Waals surface area (Å²) in [6.07, 6.45) is 1.51. The van der Waals surface area contributed by atoms with Gasteiger partial charge in [0.25, 0.3) is 0 Å². The van der Waals surface area contributed by atoms with Crippen molar-refractivity contribution in [3.8, 4) is 0 Å². The van der Waals surface area contributed by atoms with E-state index in [4.69, 9.17) is 0 Å². The lowest BCUT2D eigenvalue weighted by Crippen LogP contribution is -2.14. The van der Waals surface area contributed by atoms with Gasteiger partial charge in [0.2, 0.25) is 0 Å². The summed E-state index contributed by atoms with van der Waals surface area (Å²) in [5, 5.41) is -0.454. The van der Waals surface area contributed by atoms with Gasteiger partial charge in [-0.25, -0.2) is 0 Å². The second-order valence-corrected chi connectivity index (χ2v) is 2.27. The fraction of sp³-hybridized carbons (Fsp3) is 0.500. The summed E-state index contributed by atoms with van der Waals surface area (Å²) < 4.78 is 4.59. The van der Waals surface area contributed by atoms with E-state index in [1.54, 1.807) is 6.92 Å². The molecule has 0 aromatic rings. The van der Waals surface area contributed by atoms with Crippen molar-refractivity contribution in [2.75, 3.05) is 6.61 Å². The van der Waals surface area contributed by atoms with Crippen LogP contribution in [0.1, 0.15) is 6.92 Å². The molecule has 0 aromatic heterocycles. The van der Waals surface area contributed by atoms with Crippen LogP contribution in [-0.4, -0.2) is 17.8 Å². The zero-order valence-electron chi connectivity index (χ0n) is 5.29. The Morgan fingerprint density at radius 3 is 2.89 bits per heavy atom. The lowest BCUT2D eigenvalue weighted by molar-refractivity contribution is -0.141. The first kappa shape index (κ1) is 8.56. The Hall–Kier alpha value is -0.440. The van der Waals surface area contributed by atoms with E-state index in [-0.39, 0.29) is 12.6 Å². The maximum Gasteiger partial charge on any atom is 0.319 e. The van der Waals surface area contributed by atoms with Crippen molar-refractivity contribution in [2.24, 2.45) is 0 Å². The normalized spacial score (nSPS) is 12.2. The average Bonchev–Trinajstić information content (AvgIpc) is 1.82. The van der Waals surface area contributed by atoms with Crippen LogP contribution in [0.5, 0.6) is 0 Å². The highest BCUT2D eigenvalue weighted by atomic mass is 32.1. The van der Waals surface area contributed by atoms with Crippen molar-refractivity contribution in [2.45, 2.75) is 12.2 Å². The predicted octanol–water partition coefficient (Wildman–Crippen LogP) is 1.30. The molecule has 0 aliphatic heterocycles. The molecule has 51 valence electrons. The zero-order chi connectivity index (χ0) is 7.28. The Kier molecular flexibility index (Phi) is 4.22. The van der Waals surface area contributed by atoms with Crippen LogP contribution >= 0.6 is 12.6 Å². The van der Waals surface area contributed by atoms with Gasteiger partial charge >= 0.3 is 5.97 Å². The van der Waals surface area contributed by atoms with Crippen LogP contribution < -0.4 is 0 Å². The molecule has 0 spiro atoms. The molecule has 0 N–H and O–H groups in total. The fourth-order valence-corrected chi connectivity index (χ4v) is 0.326. The molecule has 1 atom stereocenters. The molecule has 0 aliphatic rings. The lowest BCUT2D eigenvalue weighted by atomic mass is 10.5. The third kappa shape index (κ3) is 4.09. The summed E-state index contributed by atoms with van der Waals surface area (Å²) in [5.74, 6) is -0.357. The first-order valence-electron chi connectivity index (χ1n) is 2.62. The largest absolute Gasteiger partial charge is 0.461 e. The summed E-state index contributed by atoms with van der Waals surface area (Å²) in [6, 6.07) is 0. The molecule has 0 fully saturated rings. The van der Waals surface area contributed by atoms with Crippen LogP contribution in [0.2, 0.25) is 0 Å². The Labute approximate surface area is 60.3 Å². The van der Waals surface area contributed by atoms with Crippen molar-refractivity contribution in [3.63, 3.8) is 0 Å². The van der Waals surface area contributed by atoms with Gasteiger partial charge in [-0.05, 0) is 6.92 Å². The highest BCUT2D eigenvalue weighted by Crippen LogP contribution is 1.94. The Balaban J connectivity index is 3.38. The summed E-state index contributed by atoms with van der Waals surface area (Å²) in [5.41, 5.74) is 0. The summed E-state index contributed by atoms with van der Waals surface area (Å²) in [7, 11) is 0. The van der Waals surface area contributed by atoms with Gasteiger partial charge in [-0.15, -0.1) is 0 Å². The Morgan fingerprint density at radius 1 is 2.00 bits per heavy atom. The third-order valence-corrected chi connectivity index (χ3v) is 0.868. The van der Waals surface area contributed by atoms with Gasteiger partial charge in [0, 0.05) is 0 Å². The number of esters is 1. The third-order valence-electron chi connectivity index (χ3n) is 0.675. The van der Waals surface area contributed by atoms with E-state index in [2.05, 4.69) is 23.9 Å². The number of carbonyl (C=O) groups is 1. The highest BCUT2D eigenvalue weighted by molar-refractivity contribution is 7.81. The first-order chi connectivity index (χ1) is 4.18. The Bertz CT molecular complexity index is 110. The standard InChI is InChI=1S/C6H9O2S/c1-3-4-8-6(7)5(2)9/h3,5H,1,4H2,2H3. The molecule has 0 saturated heterocycles. The monoisotopic (exact) mass is 145 g/mol. The van der Waals surface area contributed by atoms with Crippen molar-refractivity contribution in [1.82, 2.24) is 0 Å². The molecule has 0 aromatic carbocycles. The lowest BCUT2D eigenvalue weighted by Gasteiger charge is -2.01. The molecule has 3 heteroatoms. The predicted molar refractivity (Wildman–Crippen MR) is 38.2 cm³/mol. The van der Waals surface area contributed by atoms with Crippen molar-refractivity contribution < 1.29 is 9.53 Å². The smallest absolute Gasteiger partial charge is 0.319 e. The molecule has 9 heavy (non-hydrogen) atoms. The maximum absolute atomic E-state index is 10.5. The van der Waals surface area contributed by atoms with Gasteiger partial charge in [0.05, 0.1) is 0 Å². The van der Waals surface area contributed by atoms with Gasteiger partial charge in [-0.1, -0.05) is 25.3 Å². The second kappa shape index (κ2) is 4.44. The first-order valence-corrected chi connectivity index (χ1v) is 3.09. The van der Waals surface area contributed by atoms with Crippen molar-refractivity contribution in [1.29, 1.82) is 0 Å². The quantitative estimate of drug-likeness (QED) is 0.442. The highest BCUT2D eigenvalue weighted by Gasteiger charge is 2.07. The van der Waals surface area contributed by atoms with Crippen LogP contribution in [0.4, 0.5) is 0 Å². The van der Waals surface area contributed by atoms with Crippen LogP contribution in [0.3, 0.4) is 0 Å². The van der Waals surface area contributed by atoms with E-state index in [0.717, 1.165) is 0 Å². The van der Waals surface area contributed by atoms with E-state index in [9.17, 15) is 4.79 Å². The van der Waals surface area contributed by atoms with Crippen LogP contribution in [0, 0.1) is 0 Å². The summed E-state index contributed by atoms with van der Waals surface area (Å²) >= 11 is 4.61. The van der Waals surface area contributed by atoms with E-state index >= 15 is 0 Å². The van der Waals surface area contributed by atoms with Crippen LogP contribution in [-0.2, 0) is 9.53 Å². The molecule has 0 bridgehead atoms. The SMILES string of the molecule is C=CCOC(=O)C(C)[S]. The zero-order valence-corrected chi connectivity index (χ0v) is 6.11. The average molecular weight is 145 g/mol. The second-order valence-electron chi connectivity index (χ2n) is 1.56. The van der Waals surface area contributed by atoms with Crippen molar-refractivity contribution >= 4 is 18.6 Å². The molecule has 0 saturated carbocycles. The number of rotatable bonds is 3. The molecular formula is C6H9O2S. The summed E-state index contributed by atoms with van der Waals surface area (Å²) in [4.78, 5) is 10.5. The minimum absolute atomic E-state index is 0.250. The molecule has 1 unspecified atom stereocenters. The van der Waals surface area contributed by atoms with Gasteiger partial charge in [-0.2, -0.15) is 0 Å². The fourth-order valence-electron chi connectivity index (χ4n) is 0.258. The molecule has 0 rings (SSSR count). The van der Waals surface area contributed by atoms with Crippen LogP contribution in [0.15, 0.2) is 12.7 Å². The minimum Gasteiger partial charge on any atom is -0.461 e. The summed E-state index contributed by atoms with van der Waals surface area (Å²) in [6.45, 7) is 5.24. The van der Waals surface area contributed by atoms with Gasteiger partial charge in [0.1, 0.15) is 11.9 Å². The van der Waals surface area contributed by atoms with Crippen molar-refractivity contribution in [3.05, 3.63) is 12.7 Å². The van der Waals surface area contributed by atoms with Crippen LogP contribution in [0.25, 0.3) is 0 Å². The number of ether oxygens (including phenoxy) is 1. The minimum atomic E-state index is -0.454. The molecule has 0 amide bonds.